The van der Waals surface area contributed by atoms with Gasteiger partial charge in [-0.15, -0.1) is 0 Å². The molecule has 0 amide bonds. The van der Waals surface area contributed by atoms with Crippen LogP contribution in [0.4, 0.5) is 0 Å². The van der Waals surface area contributed by atoms with E-state index in [1.54, 1.807) is 31.2 Å². The second kappa shape index (κ2) is 9.39. The molecule has 4 aromatic rings. The van der Waals surface area contributed by atoms with E-state index in [9.17, 15) is 18.3 Å². The number of rotatable bonds is 8. The highest BCUT2D eigenvalue weighted by Crippen LogP contribution is 2.29. The van der Waals surface area contributed by atoms with Crippen molar-refractivity contribution >= 4 is 38.6 Å². The van der Waals surface area contributed by atoms with Gasteiger partial charge in [-0.3, -0.25) is 0 Å². The van der Waals surface area contributed by atoms with Gasteiger partial charge in [0.25, 0.3) is 0 Å². The molecule has 0 aliphatic heterocycles. The minimum absolute atomic E-state index is 0.0814. The molecule has 0 saturated heterocycles. The normalized spacial score (nSPS) is 11.8. The van der Waals surface area contributed by atoms with E-state index in [0.717, 1.165) is 11.1 Å². The standard InChI is InChI=1S/C25H22ClNO5S/c1-17-22-15-21(11-12-23(22)32-24(17)25(28)29)33(30,31)27(14-13-18-5-3-2-4-6-18)16-19-7-9-20(26)10-8-19/h2-12,15H,13-14,16H2,1H3,(H,28,29). The number of benzene rings is 3. The van der Waals surface area contributed by atoms with Crippen molar-refractivity contribution in [1.82, 2.24) is 4.31 Å². The van der Waals surface area contributed by atoms with Gasteiger partial charge in [0.15, 0.2) is 0 Å². The number of halogens is 1. The van der Waals surface area contributed by atoms with E-state index in [2.05, 4.69) is 0 Å². The monoisotopic (exact) mass is 483 g/mol. The van der Waals surface area contributed by atoms with E-state index in [0.29, 0.717) is 28.0 Å². The number of aryl methyl sites for hydroxylation is 1. The highest BCUT2D eigenvalue weighted by molar-refractivity contribution is 7.89. The Morgan fingerprint density at radius 2 is 1.70 bits per heavy atom. The number of furan rings is 1. The summed E-state index contributed by atoms with van der Waals surface area (Å²) in [5.74, 6) is -1.39. The lowest BCUT2D eigenvalue weighted by Gasteiger charge is -2.23. The molecule has 0 atom stereocenters. The summed E-state index contributed by atoms with van der Waals surface area (Å²) < 4.78 is 34.2. The van der Waals surface area contributed by atoms with Crippen LogP contribution in [0.3, 0.4) is 0 Å². The molecule has 8 heteroatoms. The molecule has 33 heavy (non-hydrogen) atoms. The summed E-state index contributed by atoms with van der Waals surface area (Å²) in [6.07, 6.45) is 0.545. The number of sulfonamides is 1. The van der Waals surface area contributed by atoms with Crippen LogP contribution in [0.5, 0.6) is 0 Å². The summed E-state index contributed by atoms with van der Waals surface area (Å²) in [6, 6.07) is 21.2. The van der Waals surface area contributed by atoms with Gasteiger partial charge in [0.1, 0.15) is 5.58 Å². The molecule has 0 fully saturated rings. The van der Waals surface area contributed by atoms with Crippen molar-refractivity contribution in [2.45, 2.75) is 24.8 Å². The maximum Gasteiger partial charge on any atom is 0.372 e. The molecule has 0 unspecified atom stereocenters. The van der Waals surface area contributed by atoms with Crippen LogP contribution in [0.15, 0.2) is 82.1 Å². The molecular weight excluding hydrogens is 462 g/mol. The van der Waals surface area contributed by atoms with Gasteiger partial charge in [0.2, 0.25) is 15.8 Å². The third-order valence-electron chi connectivity index (χ3n) is 5.50. The molecule has 0 bridgehead atoms. The molecule has 6 nitrogen and oxygen atoms in total. The SMILES string of the molecule is Cc1c(C(=O)O)oc2ccc(S(=O)(=O)N(CCc3ccccc3)Cc3ccc(Cl)cc3)cc12. The predicted molar refractivity (Wildman–Crippen MR) is 127 cm³/mol. The molecule has 0 aliphatic carbocycles. The Kier molecular flexibility index (Phi) is 6.56. The Balaban J connectivity index is 1.71. The molecular formula is C25H22ClNO5S. The van der Waals surface area contributed by atoms with E-state index < -0.39 is 16.0 Å². The number of carbonyl (C=O) groups is 1. The molecule has 0 spiro atoms. The Morgan fingerprint density at radius 3 is 2.36 bits per heavy atom. The Labute approximate surface area is 197 Å². The smallest absolute Gasteiger partial charge is 0.372 e. The van der Waals surface area contributed by atoms with Crippen LogP contribution in [-0.4, -0.2) is 30.3 Å². The lowest BCUT2D eigenvalue weighted by Crippen LogP contribution is -2.32. The van der Waals surface area contributed by atoms with Crippen molar-refractivity contribution in [3.05, 3.63) is 100 Å². The number of fused-ring (bicyclic) bond motifs is 1. The maximum absolute atomic E-state index is 13.7. The fraction of sp³-hybridized carbons (Fsp3) is 0.160. The fourth-order valence-electron chi connectivity index (χ4n) is 3.69. The third-order valence-corrected chi connectivity index (χ3v) is 7.60. The zero-order valence-corrected chi connectivity index (χ0v) is 19.4. The highest BCUT2D eigenvalue weighted by atomic mass is 35.5. The highest BCUT2D eigenvalue weighted by Gasteiger charge is 2.26. The molecule has 1 N–H and O–H groups in total. The zero-order valence-electron chi connectivity index (χ0n) is 17.9. The predicted octanol–water partition coefficient (Wildman–Crippen LogP) is 5.53. The number of aromatic carboxylic acids is 1. The first-order valence-electron chi connectivity index (χ1n) is 10.3. The van der Waals surface area contributed by atoms with E-state index in [4.69, 9.17) is 16.0 Å². The quantitative estimate of drug-likeness (QED) is 0.356. The van der Waals surface area contributed by atoms with Gasteiger partial charge in [0, 0.05) is 29.1 Å². The number of hydrogen-bond donors (Lipinski definition) is 1. The van der Waals surface area contributed by atoms with Gasteiger partial charge in [-0.05, 0) is 54.8 Å². The van der Waals surface area contributed by atoms with Gasteiger partial charge in [0.05, 0.1) is 4.90 Å². The van der Waals surface area contributed by atoms with E-state index in [1.165, 1.54) is 22.5 Å². The van der Waals surface area contributed by atoms with Crippen molar-refractivity contribution in [2.24, 2.45) is 0 Å². The summed E-state index contributed by atoms with van der Waals surface area (Å²) in [5, 5.41) is 10.4. The Bertz CT molecular complexity index is 1400. The molecule has 1 aromatic heterocycles. The molecule has 1 heterocycles. The van der Waals surface area contributed by atoms with Crippen molar-refractivity contribution in [3.8, 4) is 0 Å². The first-order chi connectivity index (χ1) is 15.8. The van der Waals surface area contributed by atoms with E-state index >= 15 is 0 Å². The Morgan fingerprint density at radius 1 is 1.00 bits per heavy atom. The topological polar surface area (TPSA) is 87.8 Å². The molecule has 170 valence electrons. The molecule has 4 rings (SSSR count). The van der Waals surface area contributed by atoms with Gasteiger partial charge >= 0.3 is 5.97 Å². The fourth-order valence-corrected chi connectivity index (χ4v) is 5.27. The number of carboxylic acid groups (broad SMARTS) is 1. The lowest BCUT2D eigenvalue weighted by molar-refractivity contribution is 0.0664. The van der Waals surface area contributed by atoms with Gasteiger partial charge in [-0.1, -0.05) is 54.1 Å². The van der Waals surface area contributed by atoms with Crippen LogP contribution in [0.1, 0.15) is 27.2 Å². The summed E-state index contributed by atoms with van der Waals surface area (Å²) in [5.41, 5.74) is 2.56. The van der Waals surface area contributed by atoms with Crippen LogP contribution in [0, 0.1) is 6.92 Å². The average Bonchev–Trinajstić information content (AvgIpc) is 3.14. The summed E-state index contributed by atoms with van der Waals surface area (Å²) in [7, 11) is -3.89. The third kappa shape index (κ3) is 4.95. The van der Waals surface area contributed by atoms with Crippen molar-refractivity contribution in [2.75, 3.05) is 6.54 Å². The second-order valence-corrected chi connectivity index (χ2v) is 10.1. The van der Waals surface area contributed by atoms with Gasteiger partial charge < -0.3 is 9.52 Å². The van der Waals surface area contributed by atoms with E-state index in [1.807, 2.05) is 30.3 Å². The minimum atomic E-state index is -3.89. The molecule has 0 radical (unpaired) electrons. The number of hydrogen-bond acceptors (Lipinski definition) is 4. The van der Waals surface area contributed by atoms with E-state index in [-0.39, 0.29) is 23.7 Å². The minimum Gasteiger partial charge on any atom is -0.475 e. The average molecular weight is 484 g/mol. The van der Waals surface area contributed by atoms with Crippen LogP contribution >= 0.6 is 11.6 Å². The lowest BCUT2D eigenvalue weighted by atomic mass is 10.1. The molecule has 3 aromatic carbocycles. The van der Waals surface area contributed by atoms with Crippen LogP contribution in [0.2, 0.25) is 5.02 Å². The molecule has 0 aliphatic rings. The van der Waals surface area contributed by atoms with Crippen molar-refractivity contribution < 1.29 is 22.7 Å². The van der Waals surface area contributed by atoms with Gasteiger partial charge in [-0.25, -0.2) is 13.2 Å². The van der Waals surface area contributed by atoms with Crippen LogP contribution < -0.4 is 0 Å². The first-order valence-corrected chi connectivity index (χ1v) is 12.1. The summed E-state index contributed by atoms with van der Waals surface area (Å²) in [4.78, 5) is 11.5. The summed E-state index contributed by atoms with van der Waals surface area (Å²) in [6.45, 7) is 2.06. The van der Waals surface area contributed by atoms with Crippen LogP contribution in [-0.2, 0) is 23.0 Å². The second-order valence-electron chi connectivity index (χ2n) is 7.72. The van der Waals surface area contributed by atoms with Crippen molar-refractivity contribution in [1.29, 1.82) is 0 Å². The number of carboxylic acids is 1. The van der Waals surface area contributed by atoms with Crippen molar-refractivity contribution in [3.63, 3.8) is 0 Å². The molecule has 0 saturated carbocycles. The van der Waals surface area contributed by atoms with Crippen LogP contribution in [0.25, 0.3) is 11.0 Å². The zero-order chi connectivity index (χ0) is 23.6. The number of nitrogens with zero attached hydrogens (tertiary/aromatic N) is 1. The maximum atomic E-state index is 13.7. The van der Waals surface area contributed by atoms with Gasteiger partial charge in [-0.2, -0.15) is 4.31 Å². The largest absolute Gasteiger partial charge is 0.475 e. The first kappa shape index (κ1) is 23.0. The summed E-state index contributed by atoms with van der Waals surface area (Å²) >= 11 is 5.99. The Hall–Kier alpha value is -3.13.